The van der Waals surface area contributed by atoms with Crippen molar-refractivity contribution in [1.29, 1.82) is 0 Å². The van der Waals surface area contributed by atoms with Gasteiger partial charge in [0.25, 0.3) is 5.91 Å². The predicted molar refractivity (Wildman–Crippen MR) is 118 cm³/mol. The van der Waals surface area contributed by atoms with Crippen molar-refractivity contribution >= 4 is 29.2 Å². The first-order valence-corrected chi connectivity index (χ1v) is 11.8. The summed E-state index contributed by atoms with van der Waals surface area (Å²) in [7, 11) is 1.66. The molecule has 0 radical (unpaired) electrons. The number of halogens is 1. The SMILES string of the molecule is COc1ccc(N2CCN(C(=O)COC(=O)C34C[C@H]5C[C@@H](CC(Cl)(C5)C3)C4)CC2)cc1. The molecule has 1 amide bonds. The Hall–Kier alpha value is -1.95. The molecule has 0 spiro atoms. The highest BCUT2D eigenvalue weighted by Gasteiger charge is 2.60. The minimum atomic E-state index is -0.459. The third-order valence-electron chi connectivity index (χ3n) is 7.82. The van der Waals surface area contributed by atoms with Crippen LogP contribution in [-0.2, 0) is 14.3 Å². The lowest BCUT2D eigenvalue weighted by molar-refractivity contribution is -0.173. The molecule has 1 aromatic rings. The van der Waals surface area contributed by atoms with Gasteiger partial charge in [0.1, 0.15) is 5.75 Å². The molecule has 1 aromatic carbocycles. The molecule has 7 heteroatoms. The van der Waals surface area contributed by atoms with Crippen LogP contribution in [0, 0.1) is 17.3 Å². The molecule has 1 saturated heterocycles. The van der Waals surface area contributed by atoms with Crippen molar-refractivity contribution in [2.45, 2.75) is 43.4 Å². The molecule has 1 heterocycles. The first-order chi connectivity index (χ1) is 14.9. The Labute approximate surface area is 188 Å². The summed E-state index contributed by atoms with van der Waals surface area (Å²) < 4.78 is 10.8. The largest absolute Gasteiger partial charge is 0.497 e. The van der Waals surface area contributed by atoms with Crippen LogP contribution in [0.4, 0.5) is 5.69 Å². The summed E-state index contributed by atoms with van der Waals surface area (Å²) in [6.45, 7) is 2.61. The number of amides is 1. The number of esters is 1. The number of hydrogen-bond acceptors (Lipinski definition) is 5. The van der Waals surface area contributed by atoms with E-state index >= 15 is 0 Å². The highest BCUT2D eigenvalue weighted by molar-refractivity contribution is 6.24. The molecular weight excluding hydrogens is 416 g/mol. The number of rotatable bonds is 5. The number of benzene rings is 1. The summed E-state index contributed by atoms with van der Waals surface area (Å²) >= 11 is 6.84. The molecule has 4 aliphatic carbocycles. The van der Waals surface area contributed by atoms with Gasteiger partial charge in [-0.2, -0.15) is 0 Å². The van der Waals surface area contributed by atoms with Gasteiger partial charge in [0.05, 0.1) is 12.5 Å². The van der Waals surface area contributed by atoms with Gasteiger partial charge in [-0.05, 0) is 74.6 Å². The summed E-state index contributed by atoms with van der Waals surface area (Å²) in [5, 5.41) is 0. The van der Waals surface area contributed by atoms with Crippen molar-refractivity contribution in [3.8, 4) is 5.75 Å². The third kappa shape index (κ3) is 3.99. The van der Waals surface area contributed by atoms with Crippen LogP contribution >= 0.6 is 11.6 Å². The molecule has 4 bridgehead atoms. The Kier molecular flexibility index (Phi) is 5.32. The van der Waals surface area contributed by atoms with E-state index in [1.807, 2.05) is 24.3 Å². The lowest BCUT2D eigenvalue weighted by Crippen LogP contribution is -2.56. The zero-order chi connectivity index (χ0) is 21.6. The number of alkyl halides is 1. The number of hydrogen-bond donors (Lipinski definition) is 0. The highest BCUT2D eigenvalue weighted by atomic mass is 35.5. The minimum Gasteiger partial charge on any atom is -0.497 e. The van der Waals surface area contributed by atoms with E-state index in [-0.39, 0.29) is 23.4 Å². The van der Waals surface area contributed by atoms with E-state index in [2.05, 4.69) is 4.90 Å². The van der Waals surface area contributed by atoms with E-state index in [9.17, 15) is 9.59 Å². The second-order valence-corrected chi connectivity index (χ2v) is 10.8. The van der Waals surface area contributed by atoms with E-state index in [1.54, 1.807) is 12.0 Å². The van der Waals surface area contributed by atoms with Crippen LogP contribution < -0.4 is 9.64 Å². The van der Waals surface area contributed by atoms with E-state index in [4.69, 9.17) is 21.1 Å². The van der Waals surface area contributed by atoms with Crippen molar-refractivity contribution in [1.82, 2.24) is 4.90 Å². The number of nitrogens with zero attached hydrogens (tertiary/aromatic N) is 2. The first kappa shape index (κ1) is 20.9. The van der Waals surface area contributed by atoms with Crippen LogP contribution in [0.3, 0.4) is 0 Å². The number of piperazine rings is 1. The maximum absolute atomic E-state index is 13.0. The molecule has 6 rings (SSSR count). The van der Waals surface area contributed by atoms with Gasteiger partial charge in [0, 0.05) is 36.7 Å². The van der Waals surface area contributed by atoms with Gasteiger partial charge in [-0.15, -0.1) is 11.6 Å². The van der Waals surface area contributed by atoms with Crippen molar-refractivity contribution in [3.05, 3.63) is 24.3 Å². The quantitative estimate of drug-likeness (QED) is 0.512. The summed E-state index contributed by atoms with van der Waals surface area (Å²) in [5.41, 5.74) is 0.662. The Morgan fingerprint density at radius 3 is 2.26 bits per heavy atom. The molecule has 0 N–H and O–H groups in total. The molecule has 2 atom stereocenters. The number of ether oxygens (including phenoxy) is 2. The minimum absolute atomic E-state index is 0.104. The van der Waals surface area contributed by atoms with Crippen LogP contribution in [-0.4, -0.2) is 61.5 Å². The van der Waals surface area contributed by atoms with Crippen LogP contribution in [0.1, 0.15) is 38.5 Å². The second-order valence-electron chi connectivity index (χ2n) is 10.0. The van der Waals surface area contributed by atoms with E-state index in [0.717, 1.165) is 50.2 Å². The summed E-state index contributed by atoms with van der Waals surface area (Å²) in [6.07, 6.45) is 5.72. The highest BCUT2D eigenvalue weighted by Crippen LogP contribution is 2.64. The van der Waals surface area contributed by atoms with E-state index in [0.29, 0.717) is 31.3 Å². The molecule has 1 aliphatic heterocycles. The third-order valence-corrected chi connectivity index (χ3v) is 8.26. The fourth-order valence-electron chi connectivity index (χ4n) is 6.77. The molecule has 168 valence electrons. The lowest BCUT2D eigenvalue weighted by atomic mass is 9.49. The standard InChI is InChI=1S/C24H31ClN2O4/c1-30-20-4-2-19(3-5-20)26-6-8-27(9-7-26)21(28)15-31-22(29)23-11-17-10-18(12-23)14-24(25,13-17)16-23/h2-5,17-18H,6-16H2,1H3/t17-,18-,23?,24?/m1/s1. The Morgan fingerprint density at radius 1 is 1.03 bits per heavy atom. The van der Waals surface area contributed by atoms with Gasteiger partial charge >= 0.3 is 5.97 Å². The maximum Gasteiger partial charge on any atom is 0.312 e. The molecule has 5 aliphatic rings. The van der Waals surface area contributed by atoms with Crippen molar-refractivity contribution in [2.75, 3.05) is 44.8 Å². The van der Waals surface area contributed by atoms with E-state index < -0.39 is 5.41 Å². The van der Waals surface area contributed by atoms with Crippen molar-refractivity contribution < 1.29 is 19.1 Å². The average Bonchev–Trinajstić information content (AvgIpc) is 2.75. The summed E-state index contributed by atoms with van der Waals surface area (Å²) in [6, 6.07) is 7.96. The molecule has 31 heavy (non-hydrogen) atoms. The van der Waals surface area contributed by atoms with Gasteiger partial charge in [-0.3, -0.25) is 9.59 Å². The first-order valence-electron chi connectivity index (χ1n) is 11.4. The van der Waals surface area contributed by atoms with Gasteiger partial charge in [0.15, 0.2) is 6.61 Å². The topological polar surface area (TPSA) is 59.1 Å². The van der Waals surface area contributed by atoms with Crippen LogP contribution in [0.2, 0.25) is 0 Å². The Bertz CT molecular complexity index is 836. The molecular formula is C24H31ClN2O4. The van der Waals surface area contributed by atoms with Gasteiger partial charge in [-0.25, -0.2) is 0 Å². The van der Waals surface area contributed by atoms with Crippen molar-refractivity contribution in [3.63, 3.8) is 0 Å². The summed E-state index contributed by atoms with van der Waals surface area (Å²) in [5.74, 6) is 1.60. The summed E-state index contributed by atoms with van der Waals surface area (Å²) in [4.78, 5) is 29.6. The zero-order valence-electron chi connectivity index (χ0n) is 18.1. The number of methoxy groups -OCH3 is 1. The lowest BCUT2D eigenvalue weighted by Gasteiger charge is -2.58. The Balaban J connectivity index is 1.13. The van der Waals surface area contributed by atoms with Gasteiger partial charge in [0.2, 0.25) is 0 Å². The molecule has 0 aromatic heterocycles. The monoisotopic (exact) mass is 446 g/mol. The number of carbonyl (C=O) groups excluding carboxylic acids is 2. The molecule has 4 saturated carbocycles. The predicted octanol–water partition coefficient (Wildman–Crippen LogP) is 3.46. The van der Waals surface area contributed by atoms with Crippen LogP contribution in [0.15, 0.2) is 24.3 Å². The number of carbonyl (C=O) groups is 2. The fourth-order valence-corrected chi connectivity index (χ4v) is 7.46. The molecule has 5 fully saturated rings. The zero-order valence-corrected chi connectivity index (χ0v) is 18.9. The number of anilines is 1. The van der Waals surface area contributed by atoms with Gasteiger partial charge < -0.3 is 19.3 Å². The van der Waals surface area contributed by atoms with Crippen molar-refractivity contribution in [2.24, 2.45) is 17.3 Å². The second kappa shape index (κ2) is 7.88. The van der Waals surface area contributed by atoms with Crippen LogP contribution in [0.5, 0.6) is 5.75 Å². The molecule has 6 nitrogen and oxygen atoms in total. The maximum atomic E-state index is 13.0. The smallest absolute Gasteiger partial charge is 0.312 e. The fraction of sp³-hybridized carbons (Fsp3) is 0.667. The average molecular weight is 447 g/mol. The van der Waals surface area contributed by atoms with Crippen LogP contribution in [0.25, 0.3) is 0 Å². The van der Waals surface area contributed by atoms with E-state index in [1.165, 1.54) is 6.42 Å². The molecule has 0 unspecified atom stereocenters. The van der Waals surface area contributed by atoms with Gasteiger partial charge in [-0.1, -0.05) is 0 Å². The normalized spacial score (nSPS) is 34.0. The Morgan fingerprint density at radius 2 is 1.68 bits per heavy atom.